The molecule has 34 heavy (non-hydrogen) atoms. The van der Waals surface area contributed by atoms with Gasteiger partial charge >= 0.3 is 0 Å². The zero-order valence-corrected chi connectivity index (χ0v) is 21.0. The number of rotatable bonds is 9. The number of nitrogens with one attached hydrogen (secondary N) is 1. The summed E-state index contributed by atoms with van der Waals surface area (Å²) in [6.07, 6.45) is 1.61. The van der Waals surface area contributed by atoms with Gasteiger partial charge < -0.3 is 19.9 Å². The van der Waals surface area contributed by atoms with Crippen LogP contribution in [0.15, 0.2) is 48.5 Å². The maximum atomic E-state index is 12.7. The number of nitrogens with zero attached hydrogens (tertiary/aromatic N) is 2. The third kappa shape index (κ3) is 8.01. The smallest absolute Gasteiger partial charge is 0.259 e. The number of ketones is 1. The highest BCUT2D eigenvalue weighted by Gasteiger charge is 2.25. The third-order valence-corrected chi connectivity index (χ3v) is 6.01. The summed E-state index contributed by atoms with van der Waals surface area (Å²) in [5, 5.41) is 3.56. The lowest BCUT2D eigenvalue weighted by Gasteiger charge is -2.31. The SMILES string of the molecule is CN(C)C(=O)COc1cccc(C(=O)NCCN2CCC(C(=O)c3ccc(Cl)cc3)CC2)c1.Cl. The van der Waals surface area contributed by atoms with Crippen LogP contribution in [0.1, 0.15) is 33.6 Å². The van der Waals surface area contributed by atoms with Crippen molar-refractivity contribution in [2.45, 2.75) is 12.8 Å². The Kier molecular flexibility index (Phi) is 10.8. The Labute approximate surface area is 211 Å². The molecule has 1 N–H and O–H groups in total. The van der Waals surface area contributed by atoms with E-state index in [2.05, 4.69) is 10.2 Å². The molecule has 3 rings (SSSR count). The molecule has 2 aromatic rings. The van der Waals surface area contributed by atoms with E-state index in [1.165, 1.54) is 4.90 Å². The second-order valence-corrected chi connectivity index (χ2v) is 8.78. The zero-order chi connectivity index (χ0) is 23.8. The van der Waals surface area contributed by atoms with Gasteiger partial charge in [0.1, 0.15) is 5.75 Å². The lowest BCUT2D eigenvalue weighted by Crippen LogP contribution is -2.41. The van der Waals surface area contributed by atoms with Crippen LogP contribution in [0.25, 0.3) is 0 Å². The number of hydrogen-bond donors (Lipinski definition) is 1. The number of carbonyl (C=O) groups is 3. The van der Waals surface area contributed by atoms with E-state index in [1.54, 1.807) is 62.6 Å². The van der Waals surface area contributed by atoms with E-state index in [0.717, 1.165) is 32.5 Å². The van der Waals surface area contributed by atoms with Crippen molar-refractivity contribution in [3.8, 4) is 5.75 Å². The number of amides is 2. The van der Waals surface area contributed by atoms with Crippen LogP contribution in [0.3, 0.4) is 0 Å². The van der Waals surface area contributed by atoms with Gasteiger partial charge in [-0.3, -0.25) is 14.4 Å². The van der Waals surface area contributed by atoms with Gasteiger partial charge in [-0.15, -0.1) is 12.4 Å². The van der Waals surface area contributed by atoms with Gasteiger partial charge in [-0.25, -0.2) is 0 Å². The summed E-state index contributed by atoms with van der Waals surface area (Å²) < 4.78 is 5.47. The van der Waals surface area contributed by atoms with Crippen LogP contribution >= 0.6 is 24.0 Å². The number of piperidine rings is 1. The lowest BCUT2D eigenvalue weighted by atomic mass is 9.89. The first-order chi connectivity index (χ1) is 15.8. The van der Waals surface area contributed by atoms with Gasteiger partial charge in [-0.1, -0.05) is 17.7 Å². The van der Waals surface area contributed by atoms with Crippen LogP contribution in [-0.4, -0.2) is 74.3 Å². The Morgan fingerprint density at radius 2 is 1.74 bits per heavy atom. The Morgan fingerprint density at radius 3 is 2.38 bits per heavy atom. The van der Waals surface area contributed by atoms with Gasteiger partial charge in [0.25, 0.3) is 11.8 Å². The van der Waals surface area contributed by atoms with E-state index in [-0.39, 0.29) is 42.5 Å². The summed E-state index contributed by atoms with van der Waals surface area (Å²) in [5.41, 5.74) is 1.19. The molecule has 184 valence electrons. The van der Waals surface area contributed by atoms with E-state index >= 15 is 0 Å². The van der Waals surface area contributed by atoms with E-state index < -0.39 is 0 Å². The molecule has 1 aliphatic heterocycles. The average Bonchev–Trinajstić information content (AvgIpc) is 2.83. The first-order valence-corrected chi connectivity index (χ1v) is 11.4. The Morgan fingerprint density at radius 1 is 1.06 bits per heavy atom. The van der Waals surface area contributed by atoms with Gasteiger partial charge in [0, 0.05) is 49.3 Å². The molecule has 1 heterocycles. The van der Waals surface area contributed by atoms with Crippen LogP contribution in [0.5, 0.6) is 5.75 Å². The van der Waals surface area contributed by atoms with Gasteiger partial charge in [0.15, 0.2) is 12.4 Å². The molecule has 0 bridgehead atoms. The number of hydrogen-bond acceptors (Lipinski definition) is 5. The van der Waals surface area contributed by atoms with Crippen molar-refractivity contribution in [3.63, 3.8) is 0 Å². The summed E-state index contributed by atoms with van der Waals surface area (Å²) in [7, 11) is 3.32. The minimum absolute atomic E-state index is 0. The molecule has 2 amide bonds. The molecule has 0 spiro atoms. The molecule has 0 unspecified atom stereocenters. The summed E-state index contributed by atoms with van der Waals surface area (Å²) in [6, 6.07) is 13.9. The highest BCUT2D eigenvalue weighted by atomic mass is 35.5. The molecule has 1 saturated heterocycles. The van der Waals surface area contributed by atoms with Gasteiger partial charge in [0.05, 0.1) is 0 Å². The summed E-state index contributed by atoms with van der Waals surface area (Å²) in [4.78, 5) is 40.5. The first-order valence-electron chi connectivity index (χ1n) is 11.1. The second-order valence-electron chi connectivity index (χ2n) is 8.35. The Balaban J connectivity index is 0.00000408. The van der Waals surface area contributed by atoms with E-state index in [9.17, 15) is 14.4 Å². The molecule has 0 aromatic heterocycles. The summed E-state index contributed by atoms with van der Waals surface area (Å²) in [5.74, 6) is 0.342. The van der Waals surface area contributed by atoms with Crippen molar-refractivity contribution in [2.75, 3.05) is 46.9 Å². The van der Waals surface area contributed by atoms with Crippen LogP contribution in [0, 0.1) is 5.92 Å². The number of benzene rings is 2. The quantitative estimate of drug-likeness (QED) is 0.525. The predicted molar refractivity (Wildman–Crippen MR) is 135 cm³/mol. The number of Topliss-reactive ketones (excluding diaryl/α,β-unsaturated/α-hetero) is 1. The standard InChI is InChI=1S/C25H30ClN3O4.ClH/c1-28(2)23(30)17-33-22-5-3-4-20(16-22)25(32)27-12-15-29-13-10-19(11-14-29)24(31)18-6-8-21(26)9-7-18;/h3-9,16,19H,10-15,17H2,1-2H3,(H,27,32);1H. The summed E-state index contributed by atoms with van der Waals surface area (Å²) >= 11 is 5.91. The van der Waals surface area contributed by atoms with E-state index in [4.69, 9.17) is 16.3 Å². The van der Waals surface area contributed by atoms with Crippen molar-refractivity contribution in [1.82, 2.24) is 15.1 Å². The topological polar surface area (TPSA) is 79.0 Å². The van der Waals surface area contributed by atoms with Gasteiger partial charge in [-0.2, -0.15) is 0 Å². The fraction of sp³-hybridized carbons (Fsp3) is 0.400. The van der Waals surface area contributed by atoms with Crippen molar-refractivity contribution < 1.29 is 19.1 Å². The molecule has 0 aliphatic carbocycles. The number of likely N-dealkylation sites (tertiary alicyclic amines) is 1. The maximum absolute atomic E-state index is 12.7. The predicted octanol–water partition coefficient (Wildman–Crippen LogP) is 3.55. The monoisotopic (exact) mass is 507 g/mol. The third-order valence-electron chi connectivity index (χ3n) is 5.76. The molecule has 0 saturated carbocycles. The first kappa shape index (κ1) is 27.6. The van der Waals surface area contributed by atoms with Gasteiger partial charge in [-0.05, 0) is 68.4 Å². The fourth-order valence-corrected chi connectivity index (χ4v) is 3.83. The van der Waals surface area contributed by atoms with Crippen molar-refractivity contribution >= 4 is 41.6 Å². The normalized spacial score (nSPS) is 14.1. The molecule has 2 aromatic carbocycles. The second kappa shape index (κ2) is 13.3. The van der Waals surface area contributed by atoms with Crippen LogP contribution in [-0.2, 0) is 4.79 Å². The average molecular weight is 508 g/mol. The van der Waals surface area contributed by atoms with Gasteiger partial charge in [0.2, 0.25) is 0 Å². The minimum Gasteiger partial charge on any atom is -0.484 e. The lowest BCUT2D eigenvalue weighted by molar-refractivity contribution is -0.130. The van der Waals surface area contributed by atoms with Crippen LogP contribution in [0.2, 0.25) is 5.02 Å². The van der Waals surface area contributed by atoms with E-state index in [1.807, 2.05) is 0 Å². The molecule has 9 heteroatoms. The summed E-state index contributed by atoms with van der Waals surface area (Å²) in [6.45, 7) is 2.81. The molecule has 0 radical (unpaired) electrons. The molecular formula is C25H31Cl2N3O4. The fourth-order valence-electron chi connectivity index (χ4n) is 3.70. The molecule has 0 atom stereocenters. The van der Waals surface area contributed by atoms with Crippen molar-refractivity contribution in [1.29, 1.82) is 0 Å². The molecular weight excluding hydrogens is 477 g/mol. The number of carbonyl (C=O) groups excluding carboxylic acids is 3. The highest BCUT2D eigenvalue weighted by Crippen LogP contribution is 2.22. The van der Waals surface area contributed by atoms with Crippen molar-refractivity contribution in [2.24, 2.45) is 5.92 Å². The zero-order valence-electron chi connectivity index (χ0n) is 19.5. The largest absolute Gasteiger partial charge is 0.484 e. The van der Waals surface area contributed by atoms with E-state index in [0.29, 0.717) is 28.4 Å². The molecule has 1 fully saturated rings. The van der Waals surface area contributed by atoms with Crippen LogP contribution in [0.4, 0.5) is 0 Å². The Hall–Kier alpha value is -2.61. The number of halogens is 2. The number of ether oxygens (including phenoxy) is 1. The Bertz CT molecular complexity index is 974. The number of likely N-dealkylation sites (N-methyl/N-ethyl adjacent to an activating group) is 1. The van der Waals surface area contributed by atoms with Crippen molar-refractivity contribution in [3.05, 3.63) is 64.7 Å². The van der Waals surface area contributed by atoms with Crippen LogP contribution < -0.4 is 10.1 Å². The maximum Gasteiger partial charge on any atom is 0.259 e. The minimum atomic E-state index is -0.188. The highest BCUT2D eigenvalue weighted by molar-refractivity contribution is 6.30. The molecule has 7 nitrogen and oxygen atoms in total. The molecule has 1 aliphatic rings.